The molecule has 3 heterocycles. The summed E-state index contributed by atoms with van der Waals surface area (Å²) < 4.78 is 7.81. The average Bonchev–Trinajstić information content (AvgIpc) is 3.15. The molecule has 112 valence electrons. The van der Waals surface area contributed by atoms with Gasteiger partial charge < -0.3 is 9.30 Å². The summed E-state index contributed by atoms with van der Waals surface area (Å²) in [5.41, 5.74) is 4.49. The Morgan fingerprint density at radius 2 is 2.23 bits per heavy atom. The molecule has 2 aromatic heterocycles. The van der Waals surface area contributed by atoms with Crippen molar-refractivity contribution in [2.24, 2.45) is 0 Å². The van der Waals surface area contributed by atoms with Gasteiger partial charge in [0.1, 0.15) is 11.3 Å². The summed E-state index contributed by atoms with van der Waals surface area (Å²) >= 11 is 0. The molecular weight excluding hydrogens is 274 g/mol. The zero-order valence-corrected chi connectivity index (χ0v) is 12.7. The van der Waals surface area contributed by atoms with Crippen molar-refractivity contribution in [2.45, 2.75) is 25.8 Å². The third-order valence-corrected chi connectivity index (χ3v) is 4.25. The number of pyridine rings is 1. The van der Waals surface area contributed by atoms with Crippen molar-refractivity contribution >= 4 is 11.2 Å². The smallest absolute Gasteiger partial charge is 0.160 e. The van der Waals surface area contributed by atoms with E-state index in [9.17, 15) is 0 Å². The molecule has 1 unspecified atom stereocenters. The van der Waals surface area contributed by atoms with Crippen LogP contribution < -0.4 is 0 Å². The summed E-state index contributed by atoms with van der Waals surface area (Å²) in [4.78, 5) is 9.39. The quantitative estimate of drug-likeness (QED) is 0.744. The maximum Gasteiger partial charge on any atom is 0.160 e. The third kappa shape index (κ3) is 2.40. The van der Waals surface area contributed by atoms with Crippen molar-refractivity contribution in [3.63, 3.8) is 0 Å². The van der Waals surface area contributed by atoms with Crippen LogP contribution in [0.15, 0.2) is 42.6 Å². The highest BCUT2D eigenvalue weighted by atomic mass is 16.5. The van der Waals surface area contributed by atoms with Crippen LogP contribution in [0.4, 0.5) is 0 Å². The number of aryl methyl sites for hydroxylation is 1. The minimum Gasteiger partial charge on any atom is -0.381 e. The van der Waals surface area contributed by atoms with Gasteiger partial charge in [0.2, 0.25) is 0 Å². The molecule has 0 aliphatic carbocycles. The highest BCUT2D eigenvalue weighted by molar-refractivity contribution is 5.71. The van der Waals surface area contributed by atoms with Crippen LogP contribution in [-0.4, -0.2) is 27.7 Å². The van der Waals surface area contributed by atoms with Gasteiger partial charge in [0.15, 0.2) is 5.65 Å². The van der Waals surface area contributed by atoms with E-state index >= 15 is 0 Å². The molecule has 0 radical (unpaired) electrons. The lowest BCUT2D eigenvalue weighted by Crippen LogP contribution is -2.11. The summed E-state index contributed by atoms with van der Waals surface area (Å²) in [6, 6.07) is 12.6. The predicted octanol–water partition coefficient (Wildman–Crippen LogP) is 3.29. The van der Waals surface area contributed by atoms with Gasteiger partial charge in [-0.25, -0.2) is 9.97 Å². The lowest BCUT2D eigenvalue weighted by molar-refractivity contribution is 0.193. The number of benzene rings is 1. The van der Waals surface area contributed by atoms with Crippen LogP contribution in [0.1, 0.15) is 29.3 Å². The van der Waals surface area contributed by atoms with Crippen LogP contribution in [0.5, 0.6) is 0 Å². The highest BCUT2D eigenvalue weighted by Crippen LogP contribution is 2.28. The van der Waals surface area contributed by atoms with E-state index in [4.69, 9.17) is 9.72 Å². The topological polar surface area (TPSA) is 39.9 Å². The van der Waals surface area contributed by atoms with Gasteiger partial charge in [-0.15, -0.1) is 0 Å². The predicted molar refractivity (Wildman–Crippen MR) is 86.0 cm³/mol. The second-order valence-electron chi connectivity index (χ2n) is 5.95. The van der Waals surface area contributed by atoms with E-state index in [-0.39, 0.29) is 0 Å². The van der Waals surface area contributed by atoms with Gasteiger partial charge >= 0.3 is 0 Å². The van der Waals surface area contributed by atoms with Crippen molar-refractivity contribution in [3.8, 4) is 0 Å². The standard InChI is InChI=1S/C18H19N3O/c1-13-4-2-5-14(10-13)11-21-17(15-7-9-22-12-15)20-16-6-3-8-19-18(16)21/h2-6,8,10,15H,7,9,11-12H2,1H3. The van der Waals surface area contributed by atoms with Gasteiger partial charge in [-0.3, -0.25) is 0 Å². The van der Waals surface area contributed by atoms with Gasteiger partial charge in [0.25, 0.3) is 0 Å². The second-order valence-corrected chi connectivity index (χ2v) is 5.95. The Hall–Kier alpha value is -2.20. The first-order chi connectivity index (χ1) is 10.8. The monoisotopic (exact) mass is 293 g/mol. The fourth-order valence-electron chi connectivity index (χ4n) is 3.17. The van der Waals surface area contributed by atoms with Gasteiger partial charge in [-0.1, -0.05) is 29.8 Å². The summed E-state index contributed by atoms with van der Waals surface area (Å²) in [6.45, 7) is 4.52. The maximum atomic E-state index is 5.56. The first kappa shape index (κ1) is 13.5. The number of rotatable bonds is 3. The number of hydrogen-bond acceptors (Lipinski definition) is 3. The van der Waals surface area contributed by atoms with E-state index in [1.54, 1.807) is 0 Å². The minimum absolute atomic E-state index is 0.374. The molecule has 1 atom stereocenters. The normalized spacial score (nSPS) is 18.1. The SMILES string of the molecule is Cc1cccc(Cn2c(C3CCOC3)nc3cccnc32)c1. The van der Waals surface area contributed by atoms with E-state index in [0.717, 1.165) is 43.2 Å². The molecule has 22 heavy (non-hydrogen) atoms. The highest BCUT2D eigenvalue weighted by Gasteiger charge is 2.24. The van der Waals surface area contributed by atoms with E-state index in [0.29, 0.717) is 5.92 Å². The molecule has 1 aliphatic rings. The Kier molecular flexibility index (Phi) is 3.39. The third-order valence-electron chi connectivity index (χ3n) is 4.25. The molecule has 0 bridgehead atoms. The Labute approximate surface area is 129 Å². The Balaban J connectivity index is 1.81. The molecule has 1 fully saturated rings. The summed E-state index contributed by atoms with van der Waals surface area (Å²) in [5, 5.41) is 0. The number of fused-ring (bicyclic) bond motifs is 1. The summed E-state index contributed by atoms with van der Waals surface area (Å²) in [6.07, 6.45) is 2.88. The van der Waals surface area contributed by atoms with Crippen molar-refractivity contribution < 1.29 is 4.74 Å². The Morgan fingerprint density at radius 3 is 3.05 bits per heavy atom. The summed E-state index contributed by atoms with van der Waals surface area (Å²) in [7, 11) is 0. The summed E-state index contributed by atoms with van der Waals surface area (Å²) in [5.74, 6) is 1.48. The van der Waals surface area contributed by atoms with E-state index in [1.807, 2.05) is 18.3 Å². The fourth-order valence-corrected chi connectivity index (χ4v) is 3.17. The van der Waals surface area contributed by atoms with E-state index in [1.165, 1.54) is 11.1 Å². The van der Waals surface area contributed by atoms with Crippen molar-refractivity contribution in [3.05, 3.63) is 59.5 Å². The number of aromatic nitrogens is 3. The molecular formula is C18H19N3O. The molecule has 1 aromatic carbocycles. The fraction of sp³-hybridized carbons (Fsp3) is 0.333. The molecule has 4 heteroatoms. The molecule has 1 aliphatic heterocycles. The molecule has 0 saturated carbocycles. The van der Waals surface area contributed by atoms with Crippen LogP contribution in [0.25, 0.3) is 11.2 Å². The average molecular weight is 293 g/mol. The first-order valence-corrected chi connectivity index (χ1v) is 7.76. The Morgan fingerprint density at radius 1 is 1.27 bits per heavy atom. The molecule has 4 rings (SSSR count). The molecule has 0 spiro atoms. The number of hydrogen-bond donors (Lipinski definition) is 0. The lowest BCUT2D eigenvalue weighted by Gasteiger charge is -2.12. The lowest BCUT2D eigenvalue weighted by atomic mass is 10.1. The molecule has 4 nitrogen and oxygen atoms in total. The molecule has 0 N–H and O–H groups in total. The number of nitrogens with zero attached hydrogens (tertiary/aromatic N) is 3. The zero-order valence-electron chi connectivity index (χ0n) is 12.7. The van der Waals surface area contributed by atoms with Crippen LogP contribution in [0.2, 0.25) is 0 Å². The van der Waals surface area contributed by atoms with Gasteiger partial charge in [0.05, 0.1) is 13.2 Å². The Bertz CT molecular complexity index is 803. The van der Waals surface area contributed by atoms with E-state index in [2.05, 4.69) is 40.7 Å². The van der Waals surface area contributed by atoms with Crippen LogP contribution in [-0.2, 0) is 11.3 Å². The molecule has 1 saturated heterocycles. The zero-order chi connectivity index (χ0) is 14.9. The minimum atomic E-state index is 0.374. The maximum absolute atomic E-state index is 5.56. The molecule has 3 aromatic rings. The number of imidazole rings is 1. The van der Waals surface area contributed by atoms with Crippen LogP contribution >= 0.6 is 0 Å². The van der Waals surface area contributed by atoms with Crippen LogP contribution in [0.3, 0.4) is 0 Å². The second kappa shape index (κ2) is 5.54. The van der Waals surface area contributed by atoms with E-state index < -0.39 is 0 Å². The number of ether oxygens (including phenoxy) is 1. The van der Waals surface area contributed by atoms with Crippen LogP contribution in [0, 0.1) is 6.92 Å². The van der Waals surface area contributed by atoms with Crippen molar-refractivity contribution in [1.82, 2.24) is 14.5 Å². The van der Waals surface area contributed by atoms with Crippen molar-refractivity contribution in [2.75, 3.05) is 13.2 Å². The molecule has 0 amide bonds. The van der Waals surface area contributed by atoms with Gasteiger partial charge in [-0.2, -0.15) is 0 Å². The van der Waals surface area contributed by atoms with Crippen molar-refractivity contribution in [1.29, 1.82) is 0 Å². The van der Waals surface area contributed by atoms with Gasteiger partial charge in [-0.05, 0) is 31.0 Å². The first-order valence-electron chi connectivity index (χ1n) is 7.76. The van der Waals surface area contributed by atoms with Gasteiger partial charge in [0, 0.05) is 18.7 Å². The largest absolute Gasteiger partial charge is 0.381 e.